The highest BCUT2D eigenvalue weighted by Crippen LogP contribution is 2.05. The van der Waals surface area contributed by atoms with E-state index in [1.54, 1.807) is 13.8 Å². The highest BCUT2D eigenvalue weighted by atomic mass is 16.6. The van der Waals surface area contributed by atoms with E-state index in [1.165, 1.54) is 0 Å². The molecule has 0 fully saturated rings. The molecule has 0 rings (SSSR count). The molecule has 0 aliphatic carbocycles. The summed E-state index contributed by atoms with van der Waals surface area (Å²) in [5.74, 6) is -0.435. The topological polar surface area (TPSA) is 26.3 Å². The minimum atomic E-state index is -0.648. The second-order valence-electron chi connectivity index (χ2n) is 2.38. The molecular formula is C7H11O2+. The largest absolute Gasteiger partial charge is 0.416 e. The van der Waals surface area contributed by atoms with Gasteiger partial charge in [-0.15, -0.1) is 0 Å². The van der Waals surface area contributed by atoms with Crippen LogP contribution in [0.15, 0.2) is 12.7 Å². The van der Waals surface area contributed by atoms with Crippen LogP contribution in [0.3, 0.4) is 0 Å². The average molecular weight is 127 g/mol. The molecule has 0 aromatic carbocycles. The lowest BCUT2D eigenvalue weighted by atomic mass is 10.2. The smallest absolute Gasteiger partial charge is 0.333 e. The molecule has 0 amide bonds. The molecule has 9 heavy (non-hydrogen) atoms. The van der Waals surface area contributed by atoms with Crippen molar-refractivity contribution in [3.8, 4) is 0 Å². The molecule has 0 aromatic heterocycles. The zero-order valence-electron chi connectivity index (χ0n) is 5.81. The van der Waals surface area contributed by atoms with E-state index in [0.717, 1.165) is 6.08 Å². The van der Waals surface area contributed by atoms with Crippen molar-refractivity contribution in [3.05, 3.63) is 19.6 Å². The SMILES string of the molecule is C=CC(=O)OC([CH2+])(C)C. The van der Waals surface area contributed by atoms with Crippen LogP contribution in [0, 0.1) is 6.92 Å². The first-order valence-electron chi connectivity index (χ1n) is 2.66. The zero-order valence-corrected chi connectivity index (χ0v) is 5.81. The molecule has 0 aliphatic heterocycles. The average Bonchev–Trinajstić information content (AvgIpc) is 1.62. The van der Waals surface area contributed by atoms with Crippen molar-refractivity contribution in [2.24, 2.45) is 0 Å². The summed E-state index contributed by atoms with van der Waals surface area (Å²) in [6, 6.07) is 0. The van der Waals surface area contributed by atoms with Gasteiger partial charge in [-0.3, -0.25) is 0 Å². The van der Waals surface area contributed by atoms with Crippen LogP contribution in [-0.4, -0.2) is 11.6 Å². The molecule has 0 radical (unpaired) electrons. The van der Waals surface area contributed by atoms with Crippen LogP contribution in [0.4, 0.5) is 0 Å². The van der Waals surface area contributed by atoms with Crippen molar-refractivity contribution in [3.63, 3.8) is 0 Å². The Hall–Kier alpha value is -0.920. The van der Waals surface area contributed by atoms with Crippen molar-refractivity contribution >= 4 is 5.97 Å². The molecule has 0 unspecified atom stereocenters. The maximum atomic E-state index is 10.4. The van der Waals surface area contributed by atoms with E-state index in [0.29, 0.717) is 0 Å². The summed E-state index contributed by atoms with van der Waals surface area (Å²) in [4.78, 5) is 10.4. The van der Waals surface area contributed by atoms with E-state index in [-0.39, 0.29) is 0 Å². The molecule has 0 aliphatic rings. The summed E-state index contributed by atoms with van der Waals surface area (Å²) in [6.45, 7) is 10.2. The first kappa shape index (κ1) is 8.08. The van der Waals surface area contributed by atoms with Gasteiger partial charge < -0.3 is 4.74 Å². The second-order valence-corrected chi connectivity index (χ2v) is 2.38. The third-order valence-electron chi connectivity index (χ3n) is 0.544. The summed E-state index contributed by atoms with van der Waals surface area (Å²) in [5.41, 5.74) is -0.648. The van der Waals surface area contributed by atoms with Gasteiger partial charge in [-0.05, 0) is 0 Å². The Morgan fingerprint density at radius 1 is 1.78 bits per heavy atom. The monoisotopic (exact) mass is 127 g/mol. The lowest BCUT2D eigenvalue weighted by Crippen LogP contribution is -2.22. The maximum absolute atomic E-state index is 10.4. The molecule has 0 spiro atoms. The molecule has 0 bridgehead atoms. The number of hydrogen-bond donors (Lipinski definition) is 0. The first-order valence-corrected chi connectivity index (χ1v) is 2.66. The Kier molecular flexibility index (Phi) is 2.31. The van der Waals surface area contributed by atoms with Crippen molar-refractivity contribution in [1.29, 1.82) is 0 Å². The van der Waals surface area contributed by atoms with Gasteiger partial charge in [0.25, 0.3) is 0 Å². The third kappa shape index (κ3) is 4.94. The highest BCUT2D eigenvalue weighted by Gasteiger charge is 2.21. The molecule has 0 atom stereocenters. The van der Waals surface area contributed by atoms with Crippen LogP contribution in [0.1, 0.15) is 13.8 Å². The van der Waals surface area contributed by atoms with Crippen molar-refractivity contribution in [2.75, 3.05) is 0 Å². The van der Waals surface area contributed by atoms with Gasteiger partial charge in [0, 0.05) is 19.9 Å². The Bertz CT molecular complexity index is 119. The minimum Gasteiger partial charge on any atom is -0.416 e. The van der Waals surface area contributed by atoms with Crippen molar-refractivity contribution in [1.82, 2.24) is 0 Å². The molecule has 0 aromatic rings. The molecule has 0 heterocycles. The summed E-state index contributed by atoms with van der Waals surface area (Å²) in [6.07, 6.45) is 1.12. The lowest BCUT2D eigenvalue weighted by Gasteiger charge is -2.10. The van der Waals surface area contributed by atoms with E-state index in [1.807, 2.05) is 0 Å². The Balaban J connectivity index is 3.74. The van der Waals surface area contributed by atoms with Gasteiger partial charge in [0.1, 0.15) is 6.92 Å². The maximum Gasteiger partial charge on any atom is 0.333 e. The summed E-state index contributed by atoms with van der Waals surface area (Å²) < 4.78 is 4.72. The van der Waals surface area contributed by atoms with E-state index in [2.05, 4.69) is 13.5 Å². The summed E-state index contributed by atoms with van der Waals surface area (Å²) in [5, 5.41) is 0. The molecule has 0 saturated heterocycles. The van der Waals surface area contributed by atoms with E-state index >= 15 is 0 Å². The third-order valence-corrected chi connectivity index (χ3v) is 0.544. The van der Waals surface area contributed by atoms with Crippen LogP contribution < -0.4 is 0 Å². The predicted octanol–water partition coefficient (Wildman–Crippen LogP) is 1.33. The molecule has 50 valence electrons. The molecule has 0 saturated carbocycles. The van der Waals surface area contributed by atoms with Gasteiger partial charge in [0.05, 0.1) is 0 Å². The number of carbonyl (C=O) groups is 1. The fraction of sp³-hybridized carbons (Fsp3) is 0.429. The normalized spacial score (nSPS) is 10.4. The molecule has 2 heteroatoms. The highest BCUT2D eigenvalue weighted by molar-refractivity contribution is 5.81. The Morgan fingerprint density at radius 2 is 2.22 bits per heavy atom. The van der Waals surface area contributed by atoms with Crippen LogP contribution in [-0.2, 0) is 9.53 Å². The molecular weight excluding hydrogens is 116 g/mol. The van der Waals surface area contributed by atoms with Gasteiger partial charge in [-0.2, -0.15) is 0 Å². The van der Waals surface area contributed by atoms with E-state index in [9.17, 15) is 4.79 Å². The van der Waals surface area contributed by atoms with Crippen LogP contribution in [0.2, 0.25) is 0 Å². The first-order chi connectivity index (χ1) is 3.95. The van der Waals surface area contributed by atoms with Gasteiger partial charge >= 0.3 is 5.97 Å². The van der Waals surface area contributed by atoms with E-state index in [4.69, 9.17) is 4.74 Å². The second kappa shape index (κ2) is 2.58. The standard InChI is InChI=1S/C7H11O2/c1-5-6(8)9-7(2,3)4/h5H,1-2H2,3-4H3/q+1. The Morgan fingerprint density at radius 3 is 2.33 bits per heavy atom. The Labute approximate surface area is 55.5 Å². The number of esters is 1. The van der Waals surface area contributed by atoms with E-state index < -0.39 is 11.6 Å². The molecule has 2 nitrogen and oxygen atoms in total. The van der Waals surface area contributed by atoms with Crippen LogP contribution >= 0.6 is 0 Å². The lowest BCUT2D eigenvalue weighted by molar-refractivity contribution is -0.146. The predicted molar refractivity (Wildman–Crippen MR) is 35.7 cm³/mol. The number of ether oxygens (including phenoxy) is 1. The fourth-order valence-electron chi connectivity index (χ4n) is 0.314. The molecule has 0 N–H and O–H groups in total. The van der Waals surface area contributed by atoms with Crippen molar-refractivity contribution in [2.45, 2.75) is 19.4 Å². The summed E-state index contributed by atoms with van der Waals surface area (Å²) >= 11 is 0. The van der Waals surface area contributed by atoms with Gasteiger partial charge in [0.2, 0.25) is 5.60 Å². The quantitative estimate of drug-likeness (QED) is 0.318. The zero-order chi connectivity index (χ0) is 7.49. The number of hydrogen-bond acceptors (Lipinski definition) is 2. The number of carbonyl (C=O) groups excluding carboxylic acids is 1. The van der Waals surface area contributed by atoms with Crippen LogP contribution in [0.25, 0.3) is 0 Å². The number of rotatable bonds is 2. The summed E-state index contributed by atoms with van der Waals surface area (Å²) in [7, 11) is 0. The van der Waals surface area contributed by atoms with Crippen LogP contribution in [0.5, 0.6) is 0 Å². The van der Waals surface area contributed by atoms with Gasteiger partial charge in [-0.25, -0.2) is 4.79 Å². The van der Waals surface area contributed by atoms with Crippen molar-refractivity contribution < 1.29 is 9.53 Å². The van der Waals surface area contributed by atoms with Gasteiger partial charge in [-0.1, -0.05) is 6.58 Å². The van der Waals surface area contributed by atoms with Gasteiger partial charge in [0.15, 0.2) is 0 Å². The minimum absolute atomic E-state index is 0.435. The fourth-order valence-corrected chi connectivity index (χ4v) is 0.314.